The molecule has 0 atom stereocenters. The van der Waals surface area contributed by atoms with Gasteiger partial charge in [0.2, 0.25) is 0 Å². The molecule has 0 unspecified atom stereocenters. The minimum absolute atomic E-state index is 0.256. The summed E-state index contributed by atoms with van der Waals surface area (Å²) in [5.74, 6) is 0. The van der Waals surface area contributed by atoms with Crippen LogP contribution in [0.1, 0.15) is 49.7 Å². The molecule has 1 N–H and O–H groups in total. The van der Waals surface area contributed by atoms with Gasteiger partial charge in [-0.25, -0.2) is 0 Å². The van der Waals surface area contributed by atoms with Crippen molar-refractivity contribution in [2.24, 2.45) is 0 Å². The van der Waals surface area contributed by atoms with Crippen LogP contribution in [0.2, 0.25) is 0 Å². The second kappa shape index (κ2) is 7.41. The average molecular weight is 329 g/mol. The zero-order valence-corrected chi connectivity index (χ0v) is 14.8. The Kier molecular flexibility index (Phi) is 4.85. The molecule has 1 heteroatoms. The number of hydrogen-bond acceptors (Lipinski definition) is 1. The topological polar surface area (TPSA) is 12.0 Å². The summed E-state index contributed by atoms with van der Waals surface area (Å²) in [5.41, 5.74) is 3.81. The summed E-state index contributed by atoms with van der Waals surface area (Å²) in [6.07, 6.45) is 14.6. The summed E-state index contributed by atoms with van der Waals surface area (Å²) >= 11 is 0. The van der Waals surface area contributed by atoms with Crippen LogP contribution in [-0.2, 0) is 5.54 Å². The highest BCUT2D eigenvalue weighted by Crippen LogP contribution is 2.40. The number of benzene rings is 2. The van der Waals surface area contributed by atoms with E-state index in [1.807, 2.05) is 0 Å². The molecule has 0 saturated heterocycles. The van der Waals surface area contributed by atoms with Gasteiger partial charge in [0, 0.05) is 6.04 Å². The van der Waals surface area contributed by atoms with Crippen LogP contribution < -0.4 is 5.32 Å². The van der Waals surface area contributed by atoms with E-state index in [1.54, 1.807) is 0 Å². The molecule has 1 nitrogen and oxygen atoms in total. The highest BCUT2D eigenvalue weighted by atomic mass is 15.0. The Bertz CT molecular complexity index is 697. The number of allylic oxidation sites excluding steroid dienone is 2. The Hall–Kier alpha value is -2.12. The Morgan fingerprint density at radius 2 is 1.36 bits per heavy atom. The SMILES string of the molecule is C1=CC(C(NC2CCCC2)(c2ccccc2)c2ccccc2)=CCC1. The summed E-state index contributed by atoms with van der Waals surface area (Å²) in [4.78, 5) is 0. The third kappa shape index (κ3) is 3.21. The zero-order valence-electron chi connectivity index (χ0n) is 14.8. The standard InChI is InChI=1S/C24H27N/c1-4-12-20(13-5-1)24(21-14-6-2-7-15-21,22-16-8-3-9-17-22)25-23-18-10-11-19-23/h1-2,4-8,12-17,23,25H,3,9-11,18-19H2. The molecule has 0 heterocycles. The van der Waals surface area contributed by atoms with Crippen LogP contribution >= 0.6 is 0 Å². The third-order valence-electron chi connectivity index (χ3n) is 5.62. The Balaban J connectivity index is 1.90. The van der Waals surface area contributed by atoms with Crippen molar-refractivity contribution in [3.8, 4) is 0 Å². The third-order valence-corrected chi connectivity index (χ3v) is 5.62. The minimum atomic E-state index is -0.256. The molecule has 2 aliphatic rings. The summed E-state index contributed by atoms with van der Waals surface area (Å²) < 4.78 is 0. The van der Waals surface area contributed by atoms with Crippen molar-refractivity contribution in [3.63, 3.8) is 0 Å². The van der Waals surface area contributed by atoms with Crippen LogP contribution in [0.5, 0.6) is 0 Å². The van der Waals surface area contributed by atoms with Gasteiger partial charge in [-0.15, -0.1) is 0 Å². The molecule has 0 spiro atoms. The first-order valence-corrected chi connectivity index (χ1v) is 9.65. The molecular weight excluding hydrogens is 302 g/mol. The lowest BCUT2D eigenvalue weighted by molar-refractivity contribution is 0.391. The maximum atomic E-state index is 4.11. The first kappa shape index (κ1) is 16.4. The van der Waals surface area contributed by atoms with E-state index in [0.29, 0.717) is 6.04 Å². The second-order valence-electron chi connectivity index (χ2n) is 7.25. The van der Waals surface area contributed by atoms with Gasteiger partial charge in [0.15, 0.2) is 0 Å². The van der Waals surface area contributed by atoms with Crippen molar-refractivity contribution in [2.75, 3.05) is 0 Å². The van der Waals surface area contributed by atoms with Crippen LogP contribution in [0.3, 0.4) is 0 Å². The highest BCUT2D eigenvalue weighted by molar-refractivity contribution is 5.52. The highest BCUT2D eigenvalue weighted by Gasteiger charge is 2.39. The minimum Gasteiger partial charge on any atom is -0.297 e. The van der Waals surface area contributed by atoms with Crippen molar-refractivity contribution in [3.05, 3.63) is 95.6 Å². The Labute approximate surface area is 151 Å². The average Bonchev–Trinajstić information content (AvgIpc) is 3.21. The van der Waals surface area contributed by atoms with Crippen molar-refractivity contribution in [2.45, 2.75) is 50.1 Å². The van der Waals surface area contributed by atoms with Gasteiger partial charge in [-0.2, -0.15) is 0 Å². The van der Waals surface area contributed by atoms with Gasteiger partial charge < -0.3 is 0 Å². The summed E-state index contributed by atoms with van der Waals surface area (Å²) in [5, 5.41) is 4.11. The van der Waals surface area contributed by atoms with Crippen LogP contribution in [0, 0.1) is 0 Å². The van der Waals surface area contributed by atoms with Crippen molar-refractivity contribution in [1.29, 1.82) is 0 Å². The molecule has 0 radical (unpaired) electrons. The fourth-order valence-corrected chi connectivity index (χ4v) is 4.39. The molecule has 2 aliphatic carbocycles. The van der Waals surface area contributed by atoms with E-state index in [1.165, 1.54) is 42.4 Å². The predicted octanol–water partition coefficient (Wildman–Crippen LogP) is 5.74. The molecule has 0 bridgehead atoms. The normalized spacial score (nSPS) is 18.3. The van der Waals surface area contributed by atoms with E-state index in [2.05, 4.69) is 84.2 Å². The first-order valence-electron chi connectivity index (χ1n) is 9.65. The van der Waals surface area contributed by atoms with E-state index in [9.17, 15) is 0 Å². The molecule has 0 aliphatic heterocycles. The molecule has 0 aromatic heterocycles. The summed E-state index contributed by atoms with van der Waals surface area (Å²) in [7, 11) is 0. The first-order chi connectivity index (χ1) is 12.4. The monoisotopic (exact) mass is 329 g/mol. The van der Waals surface area contributed by atoms with E-state index in [4.69, 9.17) is 0 Å². The maximum Gasteiger partial charge on any atom is 0.0946 e. The van der Waals surface area contributed by atoms with Gasteiger partial charge in [0.05, 0.1) is 5.54 Å². The van der Waals surface area contributed by atoms with Gasteiger partial charge >= 0.3 is 0 Å². The fourth-order valence-electron chi connectivity index (χ4n) is 4.39. The largest absolute Gasteiger partial charge is 0.297 e. The lowest BCUT2D eigenvalue weighted by atomic mass is 9.74. The van der Waals surface area contributed by atoms with E-state index in [-0.39, 0.29) is 5.54 Å². The summed E-state index contributed by atoms with van der Waals surface area (Å²) in [6.45, 7) is 0. The quantitative estimate of drug-likeness (QED) is 0.737. The molecule has 1 saturated carbocycles. The van der Waals surface area contributed by atoms with E-state index < -0.39 is 0 Å². The van der Waals surface area contributed by atoms with Crippen molar-refractivity contribution in [1.82, 2.24) is 5.32 Å². The van der Waals surface area contributed by atoms with Gasteiger partial charge in [-0.1, -0.05) is 91.7 Å². The van der Waals surface area contributed by atoms with Gasteiger partial charge in [0.1, 0.15) is 0 Å². The van der Waals surface area contributed by atoms with E-state index >= 15 is 0 Å². The Morgan fingerprint density at radius 1 is 0.760 bits per heavy atom. The molecule has 25 heavy (non-hydrogen) atoms. The van der Waals surface area contributed by atoms with E-state index in [0.717, 1.165) is 12.8 Å². The fraction of sp³-hybridized carbons (Fsp3) is 0.333. The number of hydrogen-bond donors (Lipinski definition) is 1. The number of nitrogens with one attached hydrogen (secondary N) is 1. The van der Waals surface area contributed by atoms with Crippen LogP contribution in [0.25, 0.3) is 0 Å². The number of rotatable bonds is 5. The van der Waals surface area contributed by atoms with Crippen LogP contribution in [0.15, 0.2) is 84.5 Å². The molecule has 1 fully saturated rings. The van der Waals surface area contributed by atoms with Crippen molar-refractivity contribution < 1.29 is 0 Å². The lowest BCUT2D eigenvalue weighted by Gasteiger charge is -2.41. The predicted molar refractivity (Wildman–Crippen MR) is 106 cm³/mol. The van der Waals surface area contributed by atoms with Crippen molar-refractivity contribution >= 4 is 0 Å². The molecule has 4 rings (SSSR count). The molecule has 2 aromatic rings. The lowest BCUT2D eigenvalue weighted by Crippen LogP contribution is -2.49. The van der Waals surface area contributed by atoms with Gasteiger partial charge in [0.25, 0.3) is 0 Å². The summed E-state index contributed by atoms with van der Waals surface area (Å²) in [6, 6.07) is 22.6. The van der Waals surface area contributed by atoms with Gasteiger partial charge in [-0.3, -0.25) is 5.32 Å². The van der Waals surface area contributed by atoms with Gasteiger partial charge in [-0.05, 0) is 42.4 Å². The Morgan fingerprint density at radius 3 is 1.88 bits per heavy atom. The second-order valence-corrected chi connectivity index (χ2v) is 7.25. The van der Waals surface area contributed by atoms with Crippen LogP contribution in [0.4, 0.5) is 0 Å². The molecule has 128 valence electrons. The maximum absolute atomic E-state index is 4.11. The molecule has 2 aromatic carbocycles. The smallest absolute Gasteiger partial charge is 0.0946 e. The van der Waals surface area contributed by atoms with Crippen LogP contribution in [-0.4, -0.2) is 6.04 Å². The zero-order chi connectivity index (χ0) is 17.0. The molecular formula is C24H27N. The molecule has 0 amide bonds.